The van der Waals surface area contributed by atoms with Gasteiger partial charge >= 0.3 is 0 Å². The molecule has 2 aromatic heterocycles. The molecule has 0 unspecified atom stereocenters. The van der Waals surface area contributed by atoms with Crippen LogP contribution in [0.4, 0.5) is 5.13 Å². The lowest BCUT2D eigenvalue weighted by Crippen LogP contribution is -2.33. The summed E-state index contributed by atoms with van der Waals surface area (Å²) in [6, 6.07) is 4.09. The summed E-state index contributed by atoms with van der Waals surface area (Å²) in [7, 11) is 0. The number of hydrogen-bond donors (Lipinski definition) is 1. The molecule has 1 amide bonds. The molecule has 0 aromatic carbocycles. The first-order valence-electron chi connectivity index (χ1n) is 6.24. The molecule has 1 saturated carbocycles. The highest BCUT2D eigenvalue weighted by molar-refractivity contribution is 7.13. The van der Waals surface area contributed by atoms with E-state index in [2.05, 4.69) is 4.98 Å². The van der Waals surface area contributed by atoms with Crippen LogP contribution >= 0.6 is 11.3 Å². The number of carbonyl (C=O) groups excluding carboxylic acids is 1. The van der Waals surface area contributed by atoms with E-state index in [0.29, 0.717) is 24.1 Å². The Balaban J connectivity index is 1.67. The van der Waals surface area contributed by atoms with E-state index in [-0.39, 0.29) is 5.91 Å². The summed E-state index contributed by atoms with van der Waals surface area (Å²) in [5, 5.41) is 2.34. The van der Waals surface area contributed by atoms with Gasteiger partial charge in [-0.15, -0.1) is 11.3 Å². The Labute approximate surface area is 115 Å². The third-order valence-corrected chi connectivity index (χ3v) is 3.84. The SMILES string of the molecule is Nc1nc(CC(=O)N(Cc2ccco2)C2CC2)cs1. The van der Waals surface area contributed by atoms with Crippen molar-refractivity contribution in [1.82, 2.24) is 9.88 Å². The fourth-order valence-electron chi connectivity index (χ4n) is 2.04. The van der Waals surface area contributed by atoms with E-state index < -0.39 is 0 Å². The van der Waals surface area contributed by atoms with Gasteiger partial charge in [-0.05, 0) is 25.0 Å². The molecular weight excluding hydrogens is 262 g/mol. The van der Waals surface area contributed by atoms with Gasteiger partial charge in [0.05, 0.1) is 24.9 Å². The molecule has 6 heteroatoms. The third-order valence-electron chi connectivity index (χ3n) is 3.12. The van der Waals surface area contributed by atoms with Crippen molar-refractivity contribution in [3.63, 3.8) is 0 Å². The summed E-state index contributed by atoms with van der Waals surface area (Å²) in [4.78, 5) is 18.4. The van der Waals surface area contributed by atoms with Crippen molar-refractivity contribution in [3.8, 4) is 0 Å². The fraction of sp³-hybridized carbons (Fsp3) is 0.385. The predicted molar refractivity (Wildman–Crippen MR) is 72.5 cm³/mol. The number of carbonyl (C=O) groups is 1. The van der Waals surface area contributed by atoms with E-state index in [1.807, 2.05) is 22.4 Å². The minimum absolute atomic E-state index is 0.0872. The highest BCUT2D eigenvalue weighted by atomic mass is 32.1. The molecule has 1 aliphatic rings. The van der Waals surface area contributed by atoms with E-state index in [1.54, 1.807) is 6.26 Å². The number of nitrogens with zero attached hydrogens (tertiary/aromatic N) is 2. The van der Waals surface area contributed by atoms with Crippen molar-refractivity contribution in [2.45, 2.75) is 31.8 Å². The molecule has 1 aliphatic carbocycles. The van der Waals surface area contributed by atoms with Crippen LogP contribution in [-0.4, -0.2) is 21.8 Å². The number of furan rings is 1. The van der Waals surface area contributed by atoms with E-state index in [9.17, 15) is 4.79 Å². The lowest BCUT2D eigenvalue weighted by molar-refractivity contribution is -0.132. The Kier molecular flexibility index (Phi) is 3.25. The Hall–Kier alpha value is -1.82. The molecule has 2 N–H and O–H groups in total. The van der Waals surface area contributed by atoms with Crippen LogP contribution < -0.4 is 5.73 Å². The number of aromatic nitrogens is 1. The van der Waals surface area contributed by atoms with Crippen molar-refractivity contribution in [2.24, 2.45) is 0 Å². The average molecular weight is 277 g/mol. The maximum atomic E-state index is 12.3. The van der Waals surface area contributed by atoms with Gasteiger partial charge in [-0.3, -0.25) is 4.79 Å². The molecule has 2 heterocycles. The van der Waals surface area contributed by atoms with Gasteiger partial charge in [0, 0.05) is 11.4 Å². The van der Waals surface area contributed by atoms with Gasteiger partial charge in [0.25, 0.3) is 0 Å². The number of hydrogen-bond acceptors (Lipinski definition) is 5. The van der Waals surface area contributed by atoms with Gasteiger partial charge in [0.1, 0.15) is 5.76 Å². The highest BCUT2D eigenvalue weighted by Gasteiger charge is 2.33. The number of amides is 1. The van der Waals surface area contributed by atoms with Gasteiger partial charge in [-0.1, -0.05) is 0 Å². The lowest BCUT2D eigenvalue weighted by Gasteiger charge is -2.20. The molecule has 19 heavy (non-hydrogen) atoms. The monoisotopic (exact) mass is 277 g/mol. The fourth-order valence-corrected chi connectivity index (χ4v) is 2.60. The summed E-state index contributed by atoms with van der Waals surface area (Å²) < 4.78 is 5.32. The van der Waals surface area contributed by atoms with Gasteiger partial charge in [-0.2, -0.15) is 0 Å². The third kappa shape index (κ3) is 2.96. The van der Waals surface area contributed by atoms with E-state index >= 15 is 0 Å². The van der Waals surface area contributed by atoms with E-state index in [1.165, 1.54) is 11.3 Å². The van der Waals surface area contributed by atoms with Gasteiger partial charge in [0.2, 0.25) is 5.91 Å². The second kappa shape index (κ2) is 5.05. The second-order valence-corrected chi connectivity index (χ2v) is 5.58. The van der Waals surface area contributed by atoms with Crippen LogP contribution in [0.15, 0.2) is 28.2 Å². The molecule has 0 bridgehead atoms. The van der Waals surface area contributed by atoms with Crippen molar-refractivity contribution < 1.29 is 9.21 Å². The first-order chi connectivity index (χ1) is 9.22. The Morgan fingerprint density at radius 3 is 3.00 bits per heavy atom. The molecule has 1 fully saturated rings. The summed E-state index contributed by atoms with van der Waals surface area (Å²) in [6.07, 6.45) is 4.09. The largest absolute Gasteiger partial charge is 0.467 e. The van der Waals surface area contributed by atoms with Crippen LogP contribution in [0.1, 0.15) is 24.3 Å². The van der Waals surface area contributed by atoms with Crippen LogP contribution in [0.3, 0.4) is 0 Å². The van der Waals surface area contributed by atoms with Gasteiger partial charge in [0.15, 0.2) is 5.13 Å². The zero-order valence-corrected chi connectivity index (χ0v) is 11.2. The Bertz CT molecular complexity index is 560. The van der Waals surface area contributed by atoms with Gasteiger partial charge < -0.3 is 15.1 Å². The summed E-state index contributed by atoms with van der Waals surface area (Å²) in [5.41, 5.74) is 6.33. The lowest BCUT2D eigenvalue weighted by atomic mass is 10.2. The molecule has 3 rings (SSSR count). The molecule has 0 spiro atoms. The Morgan fingerprint density at radius 2 is 2.42 bits per heavy atom. The quantitative estimate of drug-likeness (QED) is 0.908. The topological polar surface area (TPSA) is 72.4 Å². The number of anilines is 1. The molecule has 0 saturated heterocycles. The van der Waals surface area contributed by atoms with Crippen LogP contribution in [0.5, 0.6) is 0 Å². The zero-order chi connectivity index (χ0) is 13.2. The maximum Gasteiger partial charge on any atom is 0.229 e. The van der Waals surface area contributed by atoms with Crippen molar-refractivity contribution in [3.05, 3.63) is 35.2 Å². The second-order valence-electron chi connectivity index (χ2n) is 4.69. The minimum atomic E-state index is 0.0872. The number of thiazole rings is 1. The zero-order valence-electron chi connectivity index (χ0n) is 10.4. The predicted octanol–water partition coefficient (Wildman–Crippen LogP) is 2.05. The van der Waals surface area contributed by atoms with Crippen LogP contribution in [0.25, 0.3) is 0 Å². The first kappa shape index (κ1) is 12.2. The number of rotatable bonds is 5. The van der Waals surface area contributed by atoms with Crippen molar-refractivity contribution in [1.29, 1.82) is 0 Å². The summed E-state index contributed by atoms with van der Waals surface area (Å²) in [5.74, 6) is 0.905. The highest BCUT2D eigenvalue weighted by Crippen LogP contribution is 2.29. The van der Waals surface area contributed by atoms with Crippen LogP contribution in [-0.2, 0) is 17.8 Å². The molecule has 2 aromatic rings. The average Bonchev–Trinajstić information content (AvgIpc) is 2.93. The smallest absolute Gasteiger partial charge is 0.229 e. The van der Waals surface area contributed by atoms with E-state index in [4.69, 9.17) is 10.2 Å². The summed E-state index contributed by atoms with van der Waals surface area (Å²) >= 11 is 1.36. The molecule has 0 atom stereocenters. The van der Waals surface area contributed by atoms with Crippen LogP contribution in [0.2, 0.25) is 0 Å². The molecule has 100 valence electrons. The minimum Gasteiger partial charge on any atom is -0.467 e. The normalized spacial score (nSPS) is 14.5. The van der Waals surface area contributed by atoms with Crippen molar-refractivity contribution in [2.75, 3.05) is 5.73 Å². The van der Waals surface area contributed by atoms with Gasteiger partial charge in [-0.25, -0.2) is 4.98 Å². The molecule has 0 aliphatic heterocycles. The number of nitrogens with two attached hydrogens (primary N) is 1. The van der Waals surface area contributed by atoms with Crippen molar-refractivity contribution >= 4 is 22.4 Å². The molecule has 0 radical (unpaired) electrons. The molecule has 5 nitrogen and oxygen atoms in total. The standard InChI is InChI=1S/C13H15N3O2S/c14-13-15-9(8-19-13)6-12(17)16(10-3-4-10)7-11-2-1-5-18-11/h1-2,5,8,10H,3-4,6-7H2,(H2,14,15). The number of nitrogen functional groups attached to an aromatic ring is 1. The first-order valence-corrected chi connectivity index (χ1v) is 7.12. The van der Waals surface area contributed by atoms with E-state index in [0.717, 1.165) is 24.3 Å². The van der Waals surface area contributed by atoms with Crippen LogP contribution in [0, 0.1) is 0 Å². The summed E-state index contributed by atoms with van der Waals surface area (Å²) in [6.45, 7) is 0.538. The Morgan fingerprint density at radius 1 is 1.58 bits per heavy atom. The molecular formula is C13H15N3O2S. The maximum absolute atomic E-state index is 12.3.